The molecule has 0 aliphatic carbocycles. The molecule has 0 aliphatic heterocycles. The van der Waals surface area contributed by atoms with Crippen molar-refractivity contribution in [1.82, 2.24) is 5.32 Å². The number of hydrogen-bond donors (Lipinski definition) is 2. The van der Waals surface area contributed by atoms with E-state index in [1.807, 2.05) is 61.5 Å². The summed E-state index contributed by atoms with van der Waals surface area (Å²) in [5.41, 5.74) is 0.898. The lowest BCUT2D eigenvalue weighted by molar-refractivity contribution is -0.152. The van der Waals surface area contributed by atoms with Crippen LogP contribution in [0.2, 0.25) is 0 Å². The lowest BCUT2D eigenvalue weighted by Gasteiger charge is -2.21. The van der Waals surface area contributed by atoms with Crippen molar-refractivity contribution in [2.45, 2.75) is 32.4 Å². The van der Waals surface area contributed by atoms with Gasteiger partial charge in [0.05, 0.1) is 6.61 Å². The standard InChI is InChI=1S/C22H30N2O4/c1-22(2,21(25)26)28-20-11-5-8-17(14-20)16-23-12-7-13-27-19-10-6-9-18(15-19)24(3)4/h5-6,8-11,14-15,23H,7,12-13,16H2,1-4H3,(H,25,26). The highest BCUT2D eigenvalue weighted by molar-refractivity contribution is 5.76. The Kier molecular flexibility index (Phi) is 7.70. The lowest BCUT2D eigenvalue weighted by atomic mass is 10.1. The molecular formula is C22H30N2O4. The number of benzene rings is 2. The van der Waals surface area contributed by atoms with Gasteiger partial charge in [-0.15, -0.1) is 0 Å². The number of carboxylic acid groups (broad SMARTS) is 1. The van der Waals surface area contributed by atoms with Crippen molar-refractivity contribution in [1.29, 1.82) is 0 Å². The summed E-state index contributed by atoms with van der Waals surface area (Å²) in [6, 6.07) is 15.5. The monoisotopic (exact) mass is 386 g/mol. The molecule has 0 heterocycles. The summed E-state index contributed by atoms with van der Waals surface area (Å²) in [7, 11) is 4.01. The van der Waals surface area contributed by atoms with Crippen molar-refractivity contribution >= 4 is 11.7 Å². The molecule has 28 heavy (non-hydrogen) atoms. The smallest absolute Gasteiger partial charge is 0.347 e. The number of nitrogens with zero attached hydrogens (tertiary/aromatic N) is 1. The predicted molar refractivity (Wildman–Crippen MR) is 111 cm³/mol. The van der Waals surface area contributed by atoms with Crippen molar-refractivity contribution in [3.05, 3.63) is 54.1 Å². The van der Waals surface area contributed by atoms with Crippen LogP contribution < -0.4 is 19.7 Å². The van der Waals surface area contributed by atoms with Crippen LogP contribution in [0.5, 0.6) is 11.5 Å². The molecule has 0 aliphatic rings. The largest absolute Gasteiger partial charge is 0.493 e. The van der Waals surface area contributed by atoms with E-state index >= 15 is 0 Å². The van der Waals surface area contributed by atoms with Gasteiger partial charge in [-0.05, 0) is 56.6 Å². The second-order valence-electron chi connectivity index (χ2n) is 7.34. The van der Waals surface area contributed by atoms with Crippen molar-refractivity contribution in [2.75, 3.05) is 32.1 Å². The molecule has 0 aromatic heterocycles. The number of aliphatic carboxylic acids is 1. The van der Waals surface area contributed by atoms with Crippen LogP contribution in [0.4, 0.5) is 5.69 Å². The van der Waals surface area contributed by atoms with Crippen LogP contribution in [0.15, 0.2) is 48.5 Å². The van der Waals surface area contributed by atoms with E-state index in [2.05, 4.69) is 5.32 Å². The van der Waals surface area contributed by atoms with Crippen molar-refractivity contribution in [3.8, 4) is 11.5 Å². The number of hydrogen-bond acceptors (Lipinski definition) is 5. The molecule has 2 N–H and O–H groups in total. The summed E-state index contributed by atoms with van der Waals surface area (Å²) in [5.74, 6) is 0.431. The summed E-state index contributed by atoms with van der Waals surface area (Å²) in [6.07, 6.45) is 0.883. The molecule has 0 saturated carbocycles. The number of nitrogens with one attached hydrogen (secondary N) is 1. The van der Waals surface area contributed by atoms with Gasteiger partial charge in [0.15, 0.2) is 5.60 Å². The zero-order chi connectivity index (χ0) is 20.6. The number of rotatable bonds is 11. The van der Waals surface area contributed by atoms with E-state index in [9.17, 15) is 4.79 Å². The zero-order valence-corrected chi connectivity index (χ0v) is 17.1. The molecule has 0 unspecified atom stereocenters. The lowest BCUT2D eigenvalue weighted by Crippen LogP contribution is -2.37. The Morgan fingerprint density at radius 3 is 2.54 bits per heavy atom. The van der Waals surface area contributed by atoms with Crippen LogP contribution in [0.1, 0.15) is 25.8 Å². The van der Waals surface area contributed by atoms with Crippen LogP contribution >= 0.6 is 0 Å². The summed E-state index contributed by atoms with van der Waals surface area (Å²) in [4.78, 5) is 13.2. The van der Waals surface area contributed by atoms with Gasteiger partial charge in [0.25, 0.3) is 0 Å². The second-order valence-corrected chi connectivity index (χ2v) is 7.34. The summed E-state index contributed by atoms with van der Waals surface area (Å²) < 4.78 is 11.4. The SMILES string of the molecule is CN(C)c1cccc(OCCCNCc2cccc(OC(C)(C)C(=O)O)c2)c1. The van der Waals surface area contributed by atoms with E-state index in [0.717, 1.165) is 30.0 Å². The quantitative estimate of drug-likeness (QED) is 0.576. The first-order valence-corrected chi connectivity index (χ1v) is 9.40. The minimum Gasteiger partial charge on any atom is -0.493 e. The Morgan fingerprint density at radius 2 is 1.82 bits per heavy atom. The Hall–Kier alpha value is -2.73. The number of carbonyl (C=O) groups is 1. The van der Waals surface area contributed by atoms with Gasteiger partial charge >= 0.3 is 5.97 Å². The minimum absolute atomic E-state index is 0.552. The molecule has 0 fully saturated rings. The third-order valence-electron chi connectivity index (χ3n) is 4.22. The molecule has 0 atom stereocenters. The second kappa shape index (κ2) is 9.99. The maximum atomic E-state index is 11.2. The first kappa shape index (κ1) is 21.6. The van der Waals surface area contributed by atoms with Crippen molar-refractivity contribution in [2.24, 2.45) is 0 Å². The van der Waals surface area contributed by atoms with E-state index in [0.29, 0.717) is 18.9 Å². The summed E-state index contributed by atoms with van der Waals surface area (Å²) >= 11 is 0. The van der Waals surface area contributed by atoms with Gasteiger partial charge in [0.1, 0.15) is 11.5 Å². The maximum Gasteiger partial charge on any atom is 0.347 e. The Balaban J connectivity index is 1.72. The van der Waals surface area contributed by atoms with Crippen LogP contribution in [0.25, 0.3) is 0 Å². The number of carboxylic acids is 1. The van der Waals surface area contributed by atoms with Gasteiger partial charge in [-0.2, -0.15) is 0 Å². The molecule has 6 heteroatoms. The van der Waals surface area contributed by atoms with Crippen LogP contribution in [0.3, 0.4) is 0 Å². The van der Waals surface area contributed by atoms with Crippen LogP contribution in [-0.4, -0.2) is 43.9 Å². The van der Waals surface area contributed by atoms with Crippen LogP contribution in [-0.2, 0) is 11.3 Å². The van der Waals surface area contributed by atoms with Crippen molar-refractivity contribution in [3.63, 3.8) is 0 Å². The molecule has 6 nitrogen and oxygen atoms in total. The van der Waals surface area contributed by atoms with Gasteiger partial charge < -0.3 is 24.8 Å². The molecule has 2 aromatic rings. The first-order chi connectivity index (χ1) is 13.3. The molecule has 0 saturated heterocycles. The first-order valence-electron chi connectivity index (χ1n) is 9.40. The average molecular weight is 386 g/mol. The minimum atomic E-state index is -1.26. The summed E-state index contributed by atoms with van der Waals surface area (Å²) in [5, 5.41) is 12.5. The number of ether oxygens (including phenoxy) is 2. The fraction of sp³-hybridized carbons (Fsp3) is 0.409. The molecule has 0 bridgehead atoms. The number of anilines is 1. The molecule has 0 amide bonds. The molecule has 0 radical (unpaired) electrons. The maximum absolute atomic E-state index is 11.2. The highest BCUT2D eigenvalue weighted by Gasteiger charge is 2.29. The highest BCUT2D eigenvalue weighted by Crippen LogP contribution is 2.20. The highest BCUT2D eigenvalue weighted by atomic mass is 16.5. The third-order valence-corrected chi connectivity index (χ3v) is 4.22. The van der Waals surface area contributed by atoms with E-state index in [-0.39, 0.29) is 0 Å². The van der Waals surface area contributed by atoms with Gasteiger partial charge in [-0.25, -0.2) is 4.79 Å². The van der Waals surface area contributed by atoms with Crippen LogP contribution in [0, 0.1) is 0 Å². The van der Waals surface area contributed by atoms with Gasteiger partial charge in [0.2, 0.25) is 0 Å². The van der Waals surface area contributed by atoms with Gasteiger partial charge in [-0.1, -0.05) is 18.2 Å². The third kappa shape index (κ3) is 6.78. The Labute approximate surface area is 167 Å². The predicted octanol–water partition coefficient (Wildman–Crippen LogP) is 3.55. The zero-order valence-electron chi connectivity index (χ0n) is 17.1. The van der Waals surface area contributed by atoms with E-state index in [1.165, 1.54) is 13.8 Å². The molecule has 0 spiro atoms. The van der Waals surface area contributed by atoms with Gasteiger partial charge in [0, 0.05) is 32.4 Å². The molecule has 2 aromatic carbocycles. The summed E-state index contributed by atoms with van der Waals surface area (Å²) in [6.45, 7) is 5.21. The molecular weight excluding hydrogens is 356 g/mol. The normalized spacial score (nSPS) is 11.1. The van der Waals surface area contributed by atoms with Crippen molar-refractivity contribution < 1.29 is 19.4 Å². The Morgan fingerprint density at radius 1 is 1.11 bits per heavy atom. The topological polar surface area (TPSA) is 71.0 Å². The Bertz CT molecular complexity index is 775. The van der Waals surface area contributed by atoms with E-state index in [1.54, 1.807) is 6.07 Å². The van der Waals surface area contributed by atoms with E-state index in [4.69, 9.17) is 14.6 Å². The fourth-order valence-electron chi connectivity index (χ4n) is 2.53. The van der Waals surface area contributed by atoms with Gasteiger partial charge in [-0.3, -0.25) is 0 Å². The molecule has 152 valence electrons. The average Bonchev–Trinajstić information content (AvgIpc) is 2.64. The molecule has 2 rings (SSSR count). The van der Waals surface area contributed by atoms with E-state index < -0.39 is 11.6 Å². The fourth-order valence-corrected chi connectivity index (χ4v) is 2.53.